The second-order valence-electron chi connectivity index (χ2n) is 7.15. The Hall–Kier alpha value is -1.43. The summed E-state index contributed by atoms with van der Waals surface area (Å²) < 4.78 is 39.9. The van der Waals surface area contributed by atoms with Crippen molar-refractivity contribution < 1.29 is 18.3 Å². The van der Waals surface area contributed by atoms with Gasteiger partial charge in [-0.25, -0.2) is 0 Å². The van der Waals surface area contributed by atoms with E-state index in [2.05, 4.69) is 24.1 Å². The number of H-pyrrole nitrogens is 1. The average Bonchev–Trinajstić information content (AvgIpc) is 2.79. The first-order chi connectivity index (χ1) is 10.5. The number of fused-ring (bicyclic) bond motifs is 1. The maximum Gasteiger partial charge on any atom is 0.417 e. The molecule has 1 aromatic heterocycles. The highest BCUT2D eigenvalue weighted by atomic mass is 19.4. The second-order valence-corrected chi connectivity index (χ2v) is 7.15. The van der Waals surface area contributed by atoms with Crippen molar-refractivity contribution in [2.45, 2.75) is 64.8 Å². The molecule has 0 saturated heterocycles. The quantitative estimate of drug-likeness (QED) is 0.753. The van der Waals surface area contributed by atoms with Crippen LogP contribution in [0.4, 0.5) is 13.2 Å². The number of hydrogen-bond donors (Lipinski definition) is 3. The molecular formula is C17H25F3N2O. The summed E-state index contributed by atoms with van der Waals surface area (Å²) in [6.45, 7) is 7.94. The molecule has 0 spiro atoms. The van der Waals surface area contributed by atoms with Gasteiger partial charge in [0.25, 0.3) is 0 Å². The standard InChI is InChI=1S/C17H25F3N2O/c1-10(2)7-16(23,17(18,19)20)8-13-6-15-12(9-21-13)5-14(22-15)11(3)4/h5-6,10-11,21-23H,7-9H2,1-4H3. The summed E-state index contributed by atoms with van der Waals surface area (Å²) in [4.78, 5) is 3.25. The van der Waals surface area contributed by atoms with Crippen molar-refractivity contribution in [3.63, 3.8) is 0 Å². The lowest BCUT2D eigenvalue weighted by Crippen LogP contribution is -2.47. The number of rotatable bonds is 5. The Morgan fingerprint density at radius 1 is 1.22 bits per heavy atom. The highest BCUT2D eigenvalue weighted by molar-refractivity contribution is 5.57. The van der Waals surface area contributed by atoms with E-state index >= 15 is 0 Å². The fourth-order valence-corrected chi connectivity index (χ4v) is 2.95. The van der Waals surface area contributed by atoms with E-state index in [0.29, 0.717) is 18.2 Å². The summed E-state index contributed by atoms with van der Waals surface area (Å²) in [6.07, 6.45) is -3.74. The molecule has 3 nitrogen and oxygen atoms in total. The topological polar surface area (TPSA) is 48.0 Å². The molecule has 0 bridgehead atoms. The maximum atomic E-state index is 13.3. The summed E-state index contributed by atoms with van der Waals surface area (Å²) in [5, 5.41) is 13.2. The molecule has 23 heavy (non-hydrogen) atoms. The van der Waals surface area contributed by atoms with E-state index < -0.39 is 18.2 Å². The zero-order valence-electron chi connectivity index (χ0n) is 14.0. The molecule has 130 valence electrons. The van der Waals surface area contributed by atoms with Crippen LogP contribution in [-0.4, -0.2) is 21.9 Å². The Balaban J connectivity index is 2.25. The fraction of sp³-hybridized carbons (Fsp3) is 0.647. The molecule has 3 N–H and O–H groups in total. The lowest BCUT2D eigenvalue weighted by molar-refractivity contribution is -0.265. The molecule has 1 unspecified atom stereocenters. The monoisotopic (exact) mass is 330 g/mol. The van der Waals surface area contributed by atoms with Gasteiger partial charge in [-0.05, 0) is 36.0 Å². The van der Waals surface area contributed by atoms with Crippen LogP contribution in [0.15, 0.2) is 11.8 Å². The molecule has 1 aliphatic heterocycles. The van der Waals surface area contributed by atoms with Gasteiger partial charge in [0, 0.05) is 30.1 Å². The third-order valence-corrected chi connectivity index (χ3v) is 4.16. The van der Waals surface area contributed by atoms with Crippen molar-refractivity contribution in [2.75, 3.05) is 0 Å². The molecule has 0 fully saturated rings. The van der Waals surface area contributed by atoms with Crippen LogP contribution in [0, 0.1) is 5.92 Å². The van der Waals surface area contributed by atoms with Gasteiger partial charge in [-0.15, -0.1) is 0 Å². The van der Waals surface area contributed by atoms with Gasteiger partial charge in [0.15, 0.2) is 5.60 Å². The molecule has 0 saturated carbocycles. The predicted octanol–water partition coefficient (Wildman–Crippen LogP) is 4.31. The first-order valence-electron chi connectivity index (χ1n) is 7.97. The number of aromatic amines is 1. The van der Waals surface area contributed by atoms with Crippen LogP contribution in [0.2, 0.25) is 0 Å². The van der Waals surface area contributed by atoms with Crippen molar-refractivity contribution in [3.05, 3.63) is 28.7 Å². The van der Waals surface area contributed by atoms with Gasteiger partial charge < -0.3 is 15.4 Å². The van der Waals surface area contributed by atoms with Crippen LogP contribution in [0.25, 0.3) is 6.08 Å². The zero-order chi connectivity index (χ0) is 17.4. The summed E-state index contributed by atoms with van der Waals surface area (Å²) >= 11 is 0. The van der Waals surface area contributed by atoms with Gasteiger partial charge >= 0.3 is 6.18 Å². The smallest absolute Gasteiger partial charge is 0.384 e. The molecule has 6 heteroatoms. The summed E-state index contributed by atoms with van der Waals surface area (Å²) in [7, 11) is 0. The first-order valence-corrected chi connectivity index (χ1v) is 7.97. The molecule has 2 rings (SSSR count). The molecule has 1 aliphatic rings. The van der Waals surface area contributed by atoms with E-state index in [1.165, 1.54) is 0 Å². The van der Waals surface area contributed by atoms with Gasteiger partial charge in [0.1, 0.15) is 0 Å². The third kappa shape index (κ3) is 3.91. The number of aliphatic hydroxyl groups is 1. The summed E-state index contributed by atoms with van der Waals surface area (Å²) in [5.74, 6) is 0.0740. The van der Waals surface area contributed by atoms with Gasteiger partial charge in [-0.2, -0.15) is 13.2 Å². The first kappa shape index (κ1) is 17.9. The van der Waals surface area contributed by atoms with Gasteiger partial charge in [0.05, 0.1) is 0 Å². The largest absolute Gasteiger partial charge is 0.417 e. The molecule has 1 atom stereocenters. The number of alkyl halides is 3. The highest BCUT2D eigenvalue weighted by Gasteiger charge is 2.53. The van der Waals surface area contributed by atoms with E-state index in [9.17, 15) is 18.3 Å². The fourth-order valence-electron chi connectivity index (χ4n) is 2.95. The lowest BCUT2D eigenvalue weighted by Gasteiger charge is -2.33. The van der Waals surface area contributed by atoms with Gasteiger partial charge in [-0.1, -0.05) is 27.7 Å². The van der Waals surface area contributed by atoms with Crippen LogP contribution in [-0.2, 0) is 6.54 Å². The van der Waals surface area contributed by atoms with E-state index in [4.69, 9.17) is 0 Å². The third-order valence-electron chi connectivity index (χ3n) is 4.16. The van der Waals surface area contributed by atoms with Crippen LogP contribution in [0.3, 0.4) is 0 Å². The minimum Gasteiger partial charge on any atom is -0.384 e. The average molecular weight is 330 g/mol. The van der Waals surface area contributed by atoms with Crippen LogP contribution >= 0.6 is 0 Å². The van der Waals surface area contributed by atoms with E-state index in [-0.39, 0.29) is 12.3 Å². The van der Waals surface area contributed by atoms with Crippen LogP contribution < -0.4 is 5.32 Å². The number of hydrogen-bond acceptors (Lipinski definition) is 2. The van der Waals surface area contributed by atoms with Gasteiger partial charge in [0.2, 0.25) is 0 Å². The van der Waals surface area contributed by atoms with E-state index in [0.717, 1.165) is 17.0 Å². The van der Waals surface area contributed by atoms with Crippen LogP contribution in [0.5, 0.6) is 0 Å². The minimum absolute atomic E-state index is 0.251. The zero-order valence-corrected chi connectivity index (χ0v) is 14.0. The Morgan fingerprint density at radius 2 is 1.87 bits per heavy atom. The summed E-state index contributed by atoms with van der Waals surface area (Å²) in [6, 6.07) is 2.03. The van der Waals surface area contributed by atoms with Crippen molar-refractivity contribution in [2.24, 2.45) is 5.92 Å². The predicted molar refractivity (Wildman–Crippen MR) is 84.8 cm³/mol. The highest BCUT2D eigenvalue weighted by Crippen LogP contribution is 2.40. The minimum atomic E-state index is -4.65. The van der Waals surface area contributed by atoms with Crippen molar-refractivity contribution >= 4 is 6.08 Å². The number of nitrogens with one attached hydrogen (secondary N) is 2. The Labute approximate surface area is 135 Å². The number of aromatic nitrogens is 1. The molecule has 0 amide bonds. The Kier molecular flexibility index (Phi) is 4.85. The molecule has 0 aromatic carbocycles. The van der Waals surface area contributed by atoms with Crippen molar-refractivity contribution in [1.82, 2.24) is 10.3 Å². The Bertz CT molecular complexity index is 587. The molecular weight excluding hydrogens is 305 g/mol. The maximum absolute atomic E-state index is 13.3. The van der Waals surface area contributed by atoms with Gasteiger partial charge in [-0.3, -0.25) is 0 Å². The molecule has 2 heterocycles. The van der Waals surface area contributed by atoms with E-state index in [1.54, 1.807) is 19.9 Å². The Morgan fingerprint density at radius 3 is 2.39 bits per heavy atom. The van der Waals surface area contributed by atoms with Crippen LogP contribution in [0.1, 0.15) is 63.4 Å². The molecule has 0 aliphatic carbocycles. The number of halogens is 3. The normalized spacial score (nSPS) is 17.7. The summed E-state index contributed by atoms with van der Waals surface area (Å²) in [5.41, 5.74) is 0.636. The SMILES string of the molecule is CC(C)CC(O)(CC1=Cc2[nH]c(C(C)C)cc2CN1)C(F)(F)F. The van der Waals surface area contributed by atoms with Crippen molar-refractivity contribution in [1.29, 1.82) is 0 Å². The molecule has 1 aromatic rings. The van der Waals surface area contributed by atoms with E-state index in [1.807, 2.05) is 6.07 Å². The second kappa shape index (κ2) is 6.23. The van der Waals surface area contributed by atoms with Crippen molar-refractivity contribution in [3.8, 4) is 0 Å². The molecule has 0 radical (unpaired) electrons. The lowest BCUT2D eigenvalue weighted by atomic mass is 9.86.